The van der Waals surface area contributed by atoms with Gasteiger partial charge in [-0.15, -0.1) is 0 Å². The molecule has 2 N–H and O–H groups in total. The second kappa shape index (κ2) is 7.90. The number of carbonyl (C=O) groups excluding carboxylic acids is 2. The number of guanidine groups is 1. The van der Waals surface area contributed by atoms with Crippen molar-refractivity contribution in [1.29, 1.82) is 0 Å². The number of ether oxygens (including phenoxy) is 1. The average Bonchev–Trinajstić information content (AvgIpc) is 2.67. The topological polar surface area (TPSA) is 83.0 Å². The van der Waals surface area contributed by atoms with Gasteiger partial charge in [0.1, 0.15) is 5.75 Å². The van der Waals surface area contributed by atoms with Crippen LogP contribution >= 0.6 is 0 Å². The molecule has 0 bridgehead atoms. The number of rotatable bonds is 4. The fourth-order valence-electron chi connectivity index (χ4n) is 2.79. The minimum Gasteiger partial charge on any atom is -0.497 e. The van der Waals surface area contributed by atoms with E-state index >= 15 is 0 Å². The molecule has 0 fully saturated rings. The summed E-state index contributed by atoms with van der Waals surface area (Å²) in [7, 11) is 5.47. The van der Waals surface area contributed by atoms with Crippen LogP contribution in [0.2, 0.25) is 0 Å². The Morgan fingerprint density at radius 2 is 1.96 bits per heavy atom. The first-order valence-corrected chi connectivity index (χ1v) is 8.56. The molecule has 1 aliphatic heterocycles. The molecule has 1 unspecified atom stereocenters. The second-order valence-electron chi connectivity index (χ2n) is 6.42. The molecule has 2 aromatic rings. The normalized spacial score (nSPS) is 16.2. The van der Waals surface area contributed by atoms with Crippen LogP contribution in [-0.2, 0) is 4.79 Å². The van der Waals surface area contributed by atoms with Gasteiger partial charge in [0, 0.05) is 25.3 Å². The smallest absolute Gasteiger partial charge is 0.258 e. The van der Waals surface area contributed by atoms with E-state index in [1.807, 2.05) is 43.3 Å². The van der Waals surface area contributed by atoms with Crippen molar-refractivity contribution >= 4 is 23.5 Å². The summed E-state index contributed by atoms with van der Waals surface area (Å²) in [6.45, 7) is 0. The van der Waals surface area contributed by atoms with E-state index in [9.17, 15) is 9.59 Å². The molecule has 2 amide bonds. The third kappa shape index (κ3) is 4.44. The standard InChI is InChI=1S/C20H22N4O3/c1-24(2)15-9-7-13(8-10-15)17-12-18(25)22-20(21-17)23-19(26)14-5-4-6-16(11-14)27-3/h4-11,17H,12H2,1-3H3,(H2,21,22,23,25,26). The molecule has 3 rings (SSSR count). The molecule has 1 heterocycles. The second-order valence-corrected chi connectivity index (χ2v) is 6.42. The zero-order chi connectivity index (χ0) is 19.4. The van der Waals surface area contributed by atoms with E-state index in [2.05, 4.69) is 15.6 Å². The van der Waals surface area contributed by atoms with Gasteiger partial charge in [-0.2, -0.15) is 0 Å². The molecule has 1 aliphatic rings. The maximum Gasteiger partial charge on any atom is 0.258 e. The van der Waals surface area contributed by atoms with Crippen molar-refractivity contribution in [1.82, 2.24) is 10.6 Å². The molecule has 0 aliphatic carbocycles. The van der Waals surface area contributed by atoms with Gasteiger partial charge in [-0.05, 0) is 35.9 Å². The number of amides is 2. The van der Waals surface area contributed by atoms with Crippen molar-refractivity contribution in [3.05, 3.63) is 59.7 Å². The van der Waals surface area contributed by atoms with Crippen LogP contribution < -0.4 is 20.3 Å². The van der Waals surface area contributed by atoms with Crippen LogP contribution in [0.1, 0.15) is 28.4 Å². The van der Waals surface area contributed by atoms with Gasteiger partial charge in [-0.1, -0.05) is 18.2 Å². The zero-order valence-corrected chi connectivity index (χ0v) is 15.5. The van der Waals surface area contributed by atoms with E-state index in [0.29, 0.717) is 11.3 Å². The Bertz CT molecular complexity index is 875. The summed E-state index contributed by atoms with van der Waals surface area (Å²) in [5.74, 6) is 0.182. The highest BCUT2D eigenvalue weighted by molar-refractivity contribution is 6.10. The van der Waals surface area contributed by atoms with Crippen LogP contribution in [0.25, 0.3) is 0 Å². The summed E-state index contributed by atoms with van der Waals surface area (Å²) >= 11 is 0. The lowest BCUT2D eigenvalue weighted by Gasteiger charge is -2.22. The number of methoxy groups -OCH3 is 1. The molecule has 7 heteroatoms. The Morgan fingerprint density at radius 3 is 2.63 bits per heavy atom. The molecule has 0 aromatic heterocycles. The minimum atomic E-state index is -0.364. The van der Waals surface area contributed by atoms with Crippen LogP contribution in [-0.4, -0.2) is 39.0 Å². The van der Waals surface area contributed by atoms with Crippen LogP contribution in [0.4, 0.5) is 5.69 Å². The van der Waals surface area contributed by atoms with Crippen molar-refractivity contribution in [2.24, 2.45) is 4.99 Å². The first kappa shape index (κ1) is 18.4. The number of benzene rings is 2. The number of nitrogens with zero attached hydrogens (tertiary/aromatic N) is 2. The minimum absolute atomic E-state index is 0.153. The lowest BCUT2D eigenvalue weighted by Crippen LogP contribution is -2.47. The lowest BCUT2D eigenvalue weighted by atomic mass is 10.0. The fraction of sp³-hybridized carbons (Fsp3) is 0.250. The highest BCUT2D eigenvalue weighted by Crippen LogP contribution is 2.25. The van der Waals surface area contributed by atoms with Gasteiger partial charge in [0.25, 0.3) is 5.91 Å². The quantitative estimate of drug-likeness (QED) is 0.868. The number of anilines is 1. The van der Waals surface area contributed by atoms with Crippen LogP contribution in [0, 0.1) is 0 Å². The Kier molecular flexibility index (Phi) is 5.40. The highest BCUT2D eigenvalue weighted by atomic mass is 16.5. The third-order valence-electron chi connectivity index (χ3n) is 4.28. The molecule has 0 spiro atoms. The van der Waals surface area contributed by atoms with Gasteiger partial charge in [0.15, 0.2) is 0 Å². The summed E-state index contributed by atoms with van der Waals surface area (Å²) in [6.07, 6.45) is 0.236. The summed E-state index contributed by atoms with van der Waals surface area (Å²) in [5.41, 5.74) is 2.40. The molecule has 27 heavy (non-hydrogen) atoms. The summed E-state index contributed by atoms with van der Waals surface area (Å²) in [4.78, 5) is 31.0. The predicted molar refractivity (Wildman–Crippen MR) is 104 cm³/mol. The monoisotopic (exact) mass is 366 g/mol. The molecular weight excluding hydrogens is 344 g/mol. The summed E-state index contributed by atoms with van der Waals surface area (Å²) < 4.78 is 5.13. The van der Waals surface area contributed by atoms with E-state index in [4.69, 9.17) is 4.74 Å². The van der Waals surface area contributed by atoms with E-state index in [1.54, 1.807) is 24.3 Å². The maximum atomic E-state index is 12.4. The Labute approximate surface area is 158 Å². The van der Waals surface area contributed by atoms with Crippen molar-refractivity contribution in [2.75, 3.05) is 26.1 Å². The van der Waals surface area contributed by atoms with Crippen molar-refractivity contribution < 1.29 is 14.3 Å². The number of carbonyl (C=O) groups is 2. The van der Waals surface area contributed by atoms with E-state index in [-0.39, 0.29) is 30.2 Å². The number of hydrogen-bond acceptors (Lipinski definition) is 5. The van der Waals surface area contributed by atoms with Crippen LogP contribution in [0.5, 0.6) is 5.75 Å². The Morgan fingerprint density at radius 1 is 1.22 bits per heavy atom. The lowest BCUT2D eigenvalue weighted by molar-refractivity contribution is -0.120. The van der Waals surface area contributed by atoms with Crippen molar-refractivity contribution in [3.8, 4) is 5.75 Å². The average molecular weight is 366 g/mol. The molecule has 0 saturated carbocycles. The van der Waals surface area contributed by atoms with Gasteiger partial charge < -0.3 is 9.64 Å². The van der Waals surface area contributed by atoms with E-state index in [0.717, 1.165) is 11.3 Å². The molecule has 140 valence electrons. The van der Waals surface area contributed by atoms with Gasteiger partial charge in [-0.25, -0.2) is 4.99 Å². The first-order chi connectivity index (χ1) is 13.0. The van der Waals surface area contributed by atoms with E-state index in [1.165, 1.54) is 7.11 Å². The molecule has 7 nitrogen and oxygen atoms in total. The maximum absolute atomic E-state index is 12.4. The number of hydrogen-bond donors (Lipinski definition) is 2. The van der Waals surface area contributed by atoms with Crippen molar-refractivity contribution in [2.45, 2.75) is 12.5 Å². The zero-order valence-electron chi connectivity index (χ0n) is 15.5. The van der Waals surface area contributed by atoms with Gasteiger partial charge in [0.05, 0.1) is 19.6 Å². The first-order valence-electron chi connectivity index (χ1n) is 8.56. The highest BCUT2D eigenvalue weighted by Gasteiger charge is 2.24. The number of aliphatic imine (C=N–C) groups is 1. The largest absolute Gasteiger partial charge is 0.497 e. The van der Waals surface area contributed by atoms with Gasteiger partial charge in [-0.3, -0.25) is 20.2 Å². The van der Waals surface area contributed by atoms with Gasteiger partial charge in [0.2, 0.25) is 11.9 Å². The van der Waals surface area contributed by atoms with Crippen LogP contribution in [0.15, 0.2) is 53.5 Å². The molecule has 0 radical (unpaired) electrons. The van der Waals surface area contributed by atoms with Crippen LogP contribution in [0.3, 0.4) is 0 Å². The van der Waals surface area contributed by atoms with Crippen molar-refractivity contribution in [3.63, 3.8) is 0 Å². The predicted octanol–water partition coefficient (Wildman–Crippen LogP) is 2.11. The Balaban J connectivity index is 1.78. The molecule has 2 aromatic carbocycles. The third-order valence-corrected chi connectivity index (χ3v) is 4.28. The molecular formula is C20H22N4O3. The van der Waals surface area contributed by atoms with E-state index < -0.39 is 0 Å². The summed E-state index contributed by atoms with van der Waals surface area (Å²) in [6, 6.07) is 14.3. The number of nitrogens with one attached hydrogen (secondary N) is 2. The fourth-order valence-corrected chi connectivity index (χ4v) is 2.79. The van der Waals surface area contributed by atoms with Gasteiger partial charge >= 0.3 is 0 Å². The molecule has 0 saturated heterocycles. The summed E-state index contributed by atoms with van der Waals surface area (Å²) in [5, 5.41) is 5.28. The SMILES string of the molecule is COc1cccc(C(=O)NC2=NC(c3ccc(N(C)C)cc3)CC(=O)N2)c1. The molecule has 1 atom stereocenters. The Hall–Kier alpha value is -3.35.